The number of hydrogen-bond acceptors (Lipinski definition) is 4. The SMILES string of the molecule is COc1cc(Br)cc(CNCCCO)c1OC. The molecule has 17 heavy (non-hydrogen) atoms. The molecule has 0 aliphatic heterocycles. The fourth-order valence-corrected chi connectivity index (χ4v) is 2.05. The van der Waals surface area contributed by atoms with Crippen LogP contribution in [0.15, 0.2) is 16.6 Å². The van der Waals surface area contributed by atoms with E-state index in [0.717, 1.165) is 28.8 Å². The lowest BCUT2D eigenvalue weighted by Gasteiger charge is -2.14. The van der Waals surface area contributed by atoms with Gasteiger partial charge in [0.1, 0.15) is 0 Å². The van der Waals surface area contributed by atoms with Crippen LogP contribution in [-0.2, 0) is 6.54 Å². The lowest BCUT2D eigenvalue weighted by Crippen LogP contribution is -2.16. The molecule has 96 valence electrons. The maximum Gasteiger partial charge on any atom is 0.165 e. The van der Waals surface area contributed by atoms with E-state index in [2.05, 4.69) is 21.2 Å². The molecule has 0 atom stereocenters. The van der Waals surface area contributed by atoms with Crippen LogP contribution in [0.25, 0.3) is 0 Å². The van der Waals surface area contributed by atoms with Crippen LogP contribution in [0.5, 0.6) is 11.5 Å². The quantitative estimate of drug-likeness (QED) is 0.756. The summed E-state index contributed by atoms with van der Waals surface area (Å²) in [6.07, 6.45) is 0.744. The zero-order chi connectivity index (χ0) is 12.7. The summed E-state index contributed by atoms with van der Waals surface area (Å²) >= 11 is 3.44. The zero-order valence-electron chi connectivity index (χ0n) is 10.1. The second kappa shape index (κ2) is 7.53. The molecule has 0 aliphatic rings. The fourth-order valence-electron chi connectivity index (χ4n) is 1.56. The highest BCUT2D eigenvalue weighted by Gasteiger charge is 2.11. The predicted molar refractivity (Wildman–Crippen MR) is 70.7 cm³/mol. The van der Waals surface area contributed by atoms with E-state index < -0.39 is 0 Å². The van der Waals surface area contributed by atoms with Crippen molar-refractivity contribution in [1.82, 2.24) is 5.32 Å². The van der Waals surface area contributed by atoms with E-state index in [0.29, 0.717) is 12.3 Å². The average molecular weight is 304 g/mol. The smallest absolute Gasteiger partial charge is 0.165 e. The summed E-state index contributed by atoms with van der Waals surface area (Å²) in [5.41, 5.74) is 1.02. The first-order valence-corrected chi connectivity index (χ1v) is 6.24. The number of aliphatic hydroxyl groups excluding tert-OH is 1. The van der Waals surface area contributed by atoms with Gasteiger partial charge in [-0.15, -0.1) is 0 Å². The second-order valence-corrected chi connectivity index (χ2v) is 4.47. The number of benzene rings is 1. The van der Waals surface area contributed by atoms with Crippen LogP contribution >= 0.6 is 15.9 Å². The first kappa shape index (κ1) is 14.3. The molecule has 1 aromatic rings. The molecule has 0 heterocycles. The van der Waals surface area contributed by atoms with Gasteiger partial charge in [-0.25, -0.2) is 0 Å². The Morgan fingerprint density at radius 2 is 2.06 bits per heavy atom. The van der Waals surface area contributed by atoms with Crippen molar-refractivity contribution in [2.24, 2.45) is 0 Å². The molecule has 4 nitrogen and oxygen atoms in total. The van der Waals surface area contributed by atoms with Crippen molar-refractivity contribution >= 4 is 15.9 Å². The number of hydrogen-bond donors (Lipinski definition) is 2. The third-order valence-electron chi connectivity index (χ3n) is 2.35. The van der Waals surface area contributed by atoms with Gasteiger partial charge in [0, 0.05) is 23.2 Å². The molecule has 0 unspecified atom stereocenters. The number of halogens is 1. The standard InChI is InChI=1S/C12H18BrNO3/c1-16-11-7-10(13)6-9(12(11)17-2)8-14-4-3-5-15/h6-7,14-15H,3-5,8H2,1-2H3. The summed E-state index contributed by atoms with van der Waals surface area (Å²) in [5, 5.41) is 11.9. The molecule has 5 heteroatoms. The molecule has 0 saturated carbocycles. The van der Waals surface area contributed by atoms with Crippen molar-refractivity contribution in [3.8, 4) is 11.5 Å². The van der Waals surface area contributed by atoms with Gasteiger partial charge in [-0.3, -0.25) is 0 Å². The molecular formula is C12H18BrNO3. The maximum atomic E-state index is 8.70. The van der Waals surface area contributed by atoms with Crippen LogP contribution in [0.1, 0.15) is 12.0 Å². The number of methoxy groups -OCH3 is 2. The van der Waals surface area contributed by atoms with Crippen LogP contribution in [0, 0.1) is 0 Å². The van der Waals surface area contributed by atoms with E-state index in [1.54, 1.807) is 14.2 Å². The normalized spacial score (nSPS) is 10.4. The molecule has 0 amide bonds. The van der Waals surface area contributed by atoms with Crippen LogP contribution in [0.4, 0.5) is 0 Å². The van der Waals surface area contributed by atoms with E-state index >= 15 is 0 Å². The van der Waals surface area contributed by atoms with Crippen molar-refractivity contribution in [3.05, 3.63) is 22.2 Å². The van der Waals surface area contributed by atoms with Crippen LogP contribution in [0.3, 0.4) is 0 Å². The minimum absolute atomic E-state index is 0.200. The van der Waals surface area contributed by atoms with E-state index in [9.17, 15) is 0 Å². The summed E-state index contributed by atoms with van der Waals surface area (Å²) < 4.78 is 11.6. The van der Waals surface area contributed by atoms with Gasteiger partial charge in [-0.1, -0.05) is 15.9 Å². The summed E-state index contributed by atoms with van der Waals surface area (Å²) in [4.78, 5) is 0. The molecule has 0 bridgehead atoms. The lowest BCUT2D eigenvalue weighted by atomic mass is 10.2. The summed E-state index contributed by atoms with van der Waals surface area (Å²) in [6.45, 7) is 1.65. The largest absolute Gasteiger partial charge is 0.493 e. The monoisotopic (exact) mass is 303 g/mol. The van der Waals surface area contributed by atoms with Gasteiger partial charge < -0.3 is 19.9 Å². The Labute approximate surface area is 110 Å². The Balaban J connectivity index is 2.78. The highest BCUT2D eigenvalue weighted by atomic mass is 79.9. The number of ether oxygens (including phenoxy) is 2. The van der Waals surface area contributed by atoms with Gasteiger partial charge in [-0.2, -0.15) is 0 Å². The van der Waals surface area contributed by atoms with Gasteiger partial charge in [0.2, 0.25) is 0 Å². The van der Waals surface area contributed by atoms with E-state index in [4.69, 9.17) is 14.6 Å². The lowest BCUT2D eigenvalue weighted by molar-refractivity contribution is 0.285. The van der Waals surface area contributed by atoms with Gasteiger partial charge in [-0.05, 0) is 25.1 Å². The van der Waals surface area contributed by atoms with Crippen LogP contribution in [0.2, 0.25) is 0 Å². The molecule has 0 saturated heterocycles. The number of nitrogens with one attached hydrogen (secondary N) is 1. The van der Waals surface area contributed by atoms with Gasteiger partial charge in [0.15, 0.2) is 11.5 Å². The van der Waals surface area contributed by atoms with Crippen molar-refractivity contribution in [2.75, 3.05) is 27.4 Å². The molecule has 0 spiro atoms. The third-order valence-corrected chi connectivity index (χ3v) is 2.81. The Bertz CT molecular complexity index is 358. The van der Waals surface area contributed by atoms with Crippen molar-refractivity contribution in [1.29, 1.82) is 0 Å². The van der Waals surface area contributed by atoms with E-state index in [1.165, 1.54) is 0 Å². The minimum Gasteiger partial charge on any atom is -0.493 e. The molecule has 0 radical (unpaired) electrons. The second-order valence-electron chi connectivity index (χ2n) is 3.55. The van der Waals surface area contributed by atoms with Crippen molar-refractivity contribution in [2.45, 2.75) is 13.0 Å². The van der Waals surface area contributed by atoms with Gasteiger partial charge in [0.25, 0.3) is 0 Å². The third kappa shape index (κ3) is 4.18. The van der Waals surface area contributed by atoms with Gasteiger partial charge in [0.05, 0.1) is 14.2 Å². The average Bonchev–Trinajstić information content (AvgIpc) is 2.33. The zero-order valence-corrected chi connectivity index (χ0v) is 11.7. The van der Waals surface area contributed by atoms with E-state index in [1.807, 2.05) is 12.1 Å². The highest BCUT2D eigenvalue weighted by Crippen LogP contribution is 2.34. The summed E-state index contributed by atoms with van der Waals surface area (Å²) in [6, 6.07) is 3.86. The predicted octanol–water partition coefficient (Wildman–Crippen LogP) is 1.94. The molecule has 2 N–H and O–H groups in total. The summed E-state index contributed by atoms with van der Waals surface area (Å²) in [7, 11) is 3.25. The van der Waals surface area contributed by atoms with E-state index in [-0.39, 0.29) is 6.61 Å². The Kier molecular flexibility index (Phi) is 6.32. The van der Waals surface area contributed by atoms with Crippen molar-refractivity contribution < 1.29 is 14.6 Å². The first-order chi connectivity index (χ1) is 8.22. The number of aliphatic hydroxyl groups is 1. The molecule has 1 rings (SSSR count). The Morgan fingerprint density at radius 3 is 2.65 bits per heavy atom. The Hall–Kier alpha value is -0.780. The van der Waals surface area contributed by atoms with Crippen molar-refractivity contribution in [3.63, 3.8) is 0 Å². The minimum atomic E-state index is 0.200. The summed E-state index contributed by atoms with van der Waals surface area (Å²) in [5.74, 6) is 1.45. The van der Waals surface area contributed by atoms with Gasteiger partial charge >= 0.3 is 0 Å². The maximum absolute atomic E-state index is 8.70. The molecule has 0 aliphatic carbocycles. The Morgan fingerprint density at radius 1 is 1.29 bits per heavy atom. The molecular weight excluding hydrogens is 286 g/mol. The molecule has 1 aromatic carbocycles. The fraction of sp³-hybridized carbons (Fsp3) is 0.500. The van der Waals surface area contributed by atoms with Crippen LogP contribution in [-0.4, -0.2) is 32.5 Å². The topological polar surface area (TPSA) is 50.7 Å². The molecule has 0 fully saturated rings. The van der Waals surface area contributed by atoms with Crippen LogP contribution < -0.4 is 14.8 Å². The first-order valence-electron chi connectivity index (χ1n) is 5.45. The number of rotatable bonds is 7. The molecule has 0 aromatic heterocycles. The highest BCUT2D eigenvalue weighted by molar-refractivity contribution is 9.10.